The molecule has 2 heterocycles. The first-order valence-corrected chi connectivity index (χ1v) is 9.68. The molecule has 2 aromatic carbocycles. The fraction of sp³-hybridized carbons (Fsp3) is 0.0909. The van der Waals surface area contributed by atoms with Gasteiger partial charge in [0.25, 0.3) is 11.8 Å². The highest BCUT2D eigenvalue weighted by molar-refractivity contribution is 6.11. The van der Waals surface area contributed by atoms with Gasteiger partial charge in [0.15, 0.2) is 5.69 Å². The molecular weight excluding hydrogens is 458 g/mol. The molecule has 0 aliphatic rings. The van der Waals surface area contributed by atoms with Gasteiger partial charge in [0.05, 0.1) is 16.8 Å². The minimum Gasteiger partial charge on any atom is -0.457 e. The number of hydrogen-bond acceptors (Lipinski definition) is 5. The average Bonchev–Trinajstić information content (AvgIpc) is 3.23. The average molecular weight is 473 g/mol. The van der Waals surface area contributed by atoms with E-state index >= 15 is 0 Å². The summed E-state index contributed by atoms with van der Waals surface area (Å²) in [6.45, 7) is 0. The maximum absolute atomic E-state index is 14.6. The summed E-state index contributed by atoms with van der Waals surface area (Å²) in [6, 6.07) is 9.23. The molecule has 0 fully saturated rings. The highest BCUT2D eigenvalue weighted by Crippen LogP contribution is 2.32. The molecule has 0 bridgehead atoms. The first-order chi connectivity index (χ1) is 16.2. The zero-order valence-corrected chi connectivity index (χ0v) is 17.3. The number of nitrogens with zero attached hydrogens (tertiary/aromatic N) is 2. The van der Waals surface area contributed by atoms with Crippen molar-refractivity contribution in [1.82, 2.24) is 20.5 Å². The molecule has 0 saturated carbocycles. The minimum absolute atomic E-state index is 0.0581. The van der Waals surface area contributed by atoms with E-state index in [0.717, 1.165) is 24.3 Å². The van der Waals surface area contributed by atoms with Crippen molar-refractivity contribution in [2.75, 3.05) is 12.4 Å². The quantitative estimate of drug-likeness (QED) is 0.370. The van der Waals surface area contributed by atoms with Crippen molar-refractivity contribution in [3.63, 3.8) is 0 Å². The van der Waals surface area contributed by atoms with Crippen LogP contribution in [0.15, 0.2) is 54.7 Å². The van der Waals surface area contributed by atoms with E-state index in [1.165, 1.54) is 37.5 Å². The van der Waals surface area contributed by atoms with Crippen LogP contribution in [0.1, 0.15) is 26.5 Å². The second-order valence-corrected chi connectivity index (χ2v) is 6.98. The third-order valence-corrected chi connectivity index (χ3v) is 4.72. The molecule has 2 aromatic heterocycles. The van der Waals surface area contributed by atoms with Gasteiger partial charge < -0.3 is 15.4 Å². The van der Waals surface area contributed by atoms with Crippen LogP contribution in [-0.4, -0.2) is 34.0 Å². The second kappa shape index (κ2) is 8.81. The van der Waals surface area contributed by atoms with Gasteiger partial charge in [-0.3, -0.25) is 19.7 Å². The number of hydrogen-bond donors (Lipinski definition) is 3. The van der Waals surface area contributed by atoms with Crippen molar-refractivity contribution in [2.24, 2.45) is 0 Å². The number of anilines is 1. The summed E-state index contributed by atoms with van der Waals surface area (Å²) in [5, 5.41) is 10.9. The lowest BCUT2D eigenvalue weighted by Gasteiger charge is -2.10. The monoisotopic (exact) mass is 473 g/mol. The normalized spacial score (nSPS) is 11.3. The number of pyridine rings is 1. The van der Waals surface area contributed by atoms with Crippen molar-refractivity contribution in [2.45, 2.75) is 6.18 Å². The molecule has 0 radical (unpaired) electrons. The lowest BCUT2D eigenvalue weighted by atomic mass is 10.1. The Hall–Kier alpha value is -4.48. The van der Waals surface area contributed by atoms with Gasteiger partial charge in [-0.2, -0.15) is 18.3 Å². The van der Waals surface area contributed by atoms with E-state index < -0.39 is 29.4 Å². The van der Waals surface area contributed by atoms with Gasteiger partial charge in [0.1, 0.15) is 23.0 Å². The highest BCUT2D eigenvalue weighted by Gasteiger charge is 2.31. The Morgan fingerprint density at radius 3 is 2.47 bits per heavy atom. The topological polar surface area (TPSA) is 109 Å². The Morgan fingerprint density at radius 1 is 1.00 bits per heavy atom. The summed E-state index contributed by atoms with van der Waals surface area (Å²) in [5.74, 6) is -1.88. The standard InChI is InChI=1S/C22H15F4N5O3/c1-27-20(32)18-10-13(6-7-28-18)34-12-3-5-17(15(23)9-12)29-21(33)19-14-8-11(22(24,25)26)2-4-16(14)30-31-19/h2-10H,1H3,(H,27,32)(H,29,33)(H,30,31). The van der Waals surface area contributed by atoms with Crippen LogP contribution in [0.4, 0.5) is 23.2 Å². The smallest absolute Gasteiger partial charge is 0.416 e. The molecule has 0 aliphatic carbocycles. The molecule has 0 saturated heterocycles. The molecule has 174 valence electrons. The number of aromatic amines is 1. The molecule has 0 aliphatic heterocycles. The summed E-state index contributed by atoms with van der Waals surface area (Å²) in [7, 11) is 1.45. The number of halogens is 4. The largest absolute Gasteiger partial charge is 0.457 e. The van der Waals surface area contributed by atoms with Crippen LogP contribution in [-0.2, 0) is 6.18 Å². The predicted octanol–water partition coefficient (Wildman–Crippen LogP) is 4.52. The van der Waals surface area contributed by atoms with Gasteiger partial charge in [-0.1, -0.05) is 0 Å². The van der Waals surface area contributed by atoms with Crippen molar-refractivity contribution in [3.8, 4) is 11.5 Å². The first kappa shape index (κ1) is 22.7. The van der Waals surface area contributed by atoms with E-state index in [1.54, 1.807) is 0 Å². The Morgan fingerprint density at radius 2 is 1.76 bits per heavy atom. The molecule has 8 nitrogen and oxygen atoms in total. The molecule has 12 heteroatoms. The number of benzene rings is 2. The lowest BCUT2D eigenvalue weighted by molar-refractivity contribution is -0.137. The molecule has 4 rings (SSSR count). The maximum atomic E-state index is 14.6. The van der Waals surface area contributed by atoms with Crippen LogP contribution in [0.5, 0.6) is 11.5 Å². The second-order valence-electron chi connectivity index (χ2n) is 6.98. The lowest BCUT2D eigenvalue weighted by Crippen LogP contribution is -2.18. The Kier molecular flexibility index (Phi) is 5.88. The van der Waals surface area contributed by atoms with Gasteiger partial charge in [0.2, 0.25) is 0 Å². The Labute approximate surface area is 189 Å². The molecule has 0 spiro atoms. The fourth-order valence-corrected chi connectivity index (χ4v) is 3.07. The van der Waals surface area contributed by atoms with Crippen LogP contribution in [0.2, 0.25) is 0 Å². The van der Waals surface area contributed by atoms with Gasteiger partial charge >= 0.3 is 6.18 Å². The van der Waals surface area contributed by atoms with Crippen molar-refractivity contribution < 1.29 is 31.9 Å². The van der Waals surface area contributed by atoms with E-state index in [-0.39, 0.29) is 39.5 Å². The van der Waals surface area contributed by atoms with Crippen molar-refractivity contribution in [3.05, 3.63) is 77.5 Å². The van der Waals surface area contributed by atoms with Crippen LogP contribution in [0.25, 0.3) is 10.9 Å². The molecule has 4 aromatic rings. The third kappa shape index (κ3) is 4.65. The SMILES string of the molecule is CNC(=O)c1cc(Oc2ccc(NC(=O)c3n[nH]c4ccc(C(F)(F)F)cc34)c(F)c2)ccn1. The van der Waals surface area contributed by atoms with E-state index in [2.05, 4.69) is 25.8 Å². The highest BCUT2D eigenvalue weighted by atomic mass is 19.4. The Balaban J connectivity index is 1.53. The number of ether oxygens (including phenoxy) is 1. The van der Waals surface area contributed by atoms with Gasteiger partial charge in [0, 0.05) is 30.8 Å². The molecule has 34 heavy (non-hydrogen) atoms. The third-order valence-electron chi connectivity index (χ3n) is 4.72. The van der Waals surface area contributed by atoms with Gasteiger partial charge in [-0.15, -0.1) is 0 Å². The van der Waals surface area contributed by atoms with Crippen LogP contribution >= 0.6 is 0 Å². The van der Waals surface area contributed by atoms with Crippen molar-refractivity contribution in [1.29, 1.82) is 0 Å². The number of carbonyl (C=O) groups excluding carboxylic acids is 2. The molecule has 0 unspecified atom stereocenters. The predicted molar refractivity (Wildman–Crippen MR) is 113 cm³/mol. The Bertz CT molecular complexity index is 1400. The molecule has 3 N–H and O–H groups in total. The first-order valence-electron chi connectivity index (χ1n) is 9.68. The number of H-pyrrole nitrogens is 1. The summed E-state index contributed by atoms with van der Waals surface area (Å²) in [5.41, 5.74) is -1.18. The van der Waals surface area contributed by atoms with Crippen LogP contribution < -0.4 is 15.4 Å². The fourth-order valence-electron chi connectivity index (χ4n) is 3.07. The number of alkyl halides is 3. The van der Waals surface area contributed by atoms with Crippen LogP contribution in [0, 0.1) is 5.82 Å². The summed E-state index contributed by atoms with van der Waals surface area (Å²) >= 11 is 0. The van der Waals surface area contributed by atoms with Crippen molar-refractivity contribution >= 4 is 28.4 Å². The number of aromatic nitrogens is 3. The number of amides is 2. The minimum atomic E-state index is -4.60. The summed E-state index contributed by atoms with van der Waals surface area (Å²) < 4.78 is 59.2. The molecule has 2 amide bonds. The number of carbonyl (C=O) groups is 2. The zero-order chi connectivity index (χ0) is 24.5. The molecular formula is C22H15F4N5O3. The zero-order valence-electron chi connectivity index (χ0n) is 17.3. The van der Waals surface area contributed by atoms with E-state index in [4.69, 9.17) is 4.74 Å². The van der Waals surface area contributed by atoms with E-state index in [1.807, 2.05) is 0 Å². The van der Waals surface area contributed by atoms with E-state index in [9.17, 15) is 27.2 Å². The summed E-state index contributed by atoms with van der Waals surface area (Å²) in [6.07, 6.45) is -3.25. The molecule has 0 atom stereocenters. The maximum Gasteiger partial charge on any atom is 0.416 e. The van der Waals surface area contributed by atoms with Gasteiger partial charge in [-0.05, 0) is 36.4 Å². The number of fused-ring (bicyclic) bond motifs is 1. The summed E-state index contributed by atoms with van der Waals surface area (Å²) in [4.78, 5) is 28.2. The van der Waals surface area contributed by atoms with Crippen LogP contribution in [0.3, 0.4) is 0 Å². The van der Waals surface area contributed by atoms with Gasteiger partial charge in [-0.25, -0.2) is 4.39 Å². The number of nitrogens with one attached hydrogen (secondary N) is 3. The van der Waals surface area contributed by atoms with E-state index in [0.29, 0.717) is 0 Å². The number of rotatable bonds is 5.